The summed E-state index contributed by atoms with van der Waals surface area (Å²) in [4.78, 5) is 27.1. The van der Waals surface area contributed by atoms with E-state index in [1.165, 1.54) is 18.0 Å². The number of nitrogens with zero attached hydrogens (tertiary/aromatic N) is 3. The van der Waals surface area contributed by atoms with Gasteiger partial charge in [-0.3, -0.25) is 4.79 Å². The average Bonchev–Trinajstić information content (AvgIpc) is 3.04. The van der Waals surface area contributed by atoms with Gasteiger partial charge in [0.05, 0.1) is 17.7 Å². The van der Waals surface area contributed by atoms with E-state index in [1.54, 1.807) is 24.4 Å². The van der Waals surface area contributed by atoms with Gasteiger partial charge in [-0.1, -0.05) is 11.8 Å². The van der Waals surface area contributed by atoms with Crippen LogP contribution < -0.4 is 11.3 Å². The maximum absolute atomic E-state index is 11.8. The first-order valence-corrected chi connectivity index (χ1v) is 7.22. The van der Waals surface area contributed by atoms with Gasteiger partial charge < -0.3 is 15.1 Å². The quantitative estimate of drug-likeness (QED) is 0.560. The van der Waals surface area contributed by atoms with Crippen LogP contribution in [0.15, 0.2) is 45.0 Å². The lowest BCUT2D eigenvalue weighted by atomic mass is 10.2. The molecule has 0 fully saturated rings. The summed E-state index contributed by atoms with van der Waals surface area (Å²) in [6, 6.07) is 5.16. The molecule has 3 aromatic rings. The Morgan fingerprint density at radius 2 is 2.19 bits per heavy atom. The molecule has 8 heteroatoms. The number of rotatable bonds is 3. The Balaban J connectivity index is 2.25. The van der Waals surface area contributed by atoms with E-state index in [0.29, 0.717) is 28.0 Å². The molecule has 0 atom stereocenters. The lowest BCUT2D eigenvalue weighted by molar-refractivity contribution is 0.580. The van der Waals surface area contributed by atoms with Crippen LogP contribution in [0.2, 0.25) is 0 Å². The minimum atomic E-state index is -0.468. The van der Waals surface area contributed by atoms with Gasteiger partial charge in [0.2, 0.25) is 0 Å². The average molecular weight is 301 g/mol. The van der Waals surface area contributed by atoms with Gasteiger partial charge in [-0.25, -0.2) is 15.0 Å². The lowest BCUT2D eigenvalue weighted by Crippen LogP contribution is -2.16. The van der Waals surface area contributed by atoms with E-state index in [-0.39, 0.29) is 5.82 Å². The molecular formula is C13H11N5O2S. The fourth-order valence-corrected chi connectivity index (χ4v) is 2.18. The first-order valence-electron chi connectivity index (χ1n) is 6.00. The van der Waals surface area contributed by atoms with Gasteiger partial charge >= 0.3 is 0 Å². The highest BCUT2D eigenvalue weighted by Gasteiger charge is 2.16. The summed E-state index contributed by atoms with van der Waals surface area (Å²) in [6.45, 7) is 0. The second-order valence-corrected chi connectivity index (χ2v) is 4.85. The zero-order valence-electron chi connectivity index (χ0n) is 11.0. The van der Waals surface area contributed by atoms with Crippen LogP contribution in [0.4, 0.5) is 5.82 Å². The second kappa shape index (κ2) is 5.41. The number of hydrogen-bond acceptors (Lipinski definition) is 7. The van der Waals surface area contributed by atoms with Gasteiger partial charge in [0.25, 0.3) is 5.56 Å². The second-order valence-electron chi connectivity index (χ2n) is 4.08. The Kier molecular flexibility index (Phi) is 3.44. The minimum Gasteiger partial charge on any atom is -0.463 e. The third kappa shape index (κ3) is 2.52. The molecule has 21 heavy (non-hydrogen) atoms. The molecule has 0 saturated heterocycles. The fraction of sp³-hybridized carbons (Fsp3) is 0.0769. The highest BCUT2D eigenvalue weighted by molar-refractivity contribution is 7.98. The van der Waals surface area contributed by atoms with Crippen LogP contribution in [0.5, 0.6) is 0 Å². The van der Waals surface area contributed by atoms with Gasteiger partial charge in [-0.05, 0) is 24.5 Å². The molecule has 0 aromatic carbocycles. The van der Waals surface area contributed by atoms with Crippen LogP contribution in [-0.4, -0.2) is 26.2 Å². The lowest BCUT2D eigenvalue weighted by Gasteiger charge is -2.07. The van der Waals surface area contributed by atoms with E-state index in [0.717, 1.165) is 0 Å². The highest BCUT2D eigenvalue weighted by atomic mass is 32.2. The standard InChI is InChI=1S/C13H11N5O2S/c1-21-13-15-5-4-7(16-13)9-10(8-3-2-6-20-8)17-11(14)12(19)18-9/h2-6H,1H3,(H2,14,17)(H,18,19). The Hall–Kier alpha value is -2.61. The molecule has 106 valence electrons. The van der Waals surface area contributed by atoms with Crippen molar-refractivity contribution in [1.82, 2.24) is 19.9 Å². The van der Waals surface area contributed by atoms with Crippen LogP contribution in [-0.2, 0) is 0 Å². The normalized spacial score (nSPS) is 10.7. The van der Waals surface area contributed by atoms with Crippen LogP contribution >= 0.6 is 11.8 Å². The third-order valence-electron chi connectivity index (χ3n) is 2.77. The fourth-order valence-electron chi connectivity index (χ4n) is 1.82. The van der Waals surface area contributed by atoms with E-state index in [2.05, 4.69) is 19.9 Å². The van der Waals surface area contributed by atoms with E-state index < -0.39 is 5.56 Å². The van der Waals surface area contributed by atoms with Crippen molar-refractivity contribution in [1.29, 1.82) is 0 Å². The molecular weight excluding hydrogens is 290 g/mol. The molecule has 0 saturated carbocycles. The zero-order valence-corrected chi connectivity index (χ0v) is 11.8. The molecule has 3 rings (SSSR count). The van der Waals surface area contributed by atoms with Crippen LogP contribution in [0.1, 0.15) is 0 Å². The van der Waals surface area contributed by atoms with E-state index >= 15 is 0 Å². The molecule has 3 aromatic heterocycles. The van der Waals surface area contributed by atoms with Gasteiger partial charge in [0.15, 0.2) is 16.7 Å². The van der Waals surface area contributed by atoms with Gasteiger partial charge in [0, 0.05) is 6.20 Å². The summed E-state index contributed by atoms with van der Waals surface area (Å²) < 4.78 is 5.34. The summed E-state index contributed by atoms with van der Waals surface area (Å²) in [5.41, 5.74) is 6.55. The summed E-state index contributed by atoms with van der Waals surface area (Å²) in [5.74, 6) is 0.376. The van der Waals surface area contributed by atoms with Crippen LogP contribution in [0.3, 0.4) is 0 Å². The largest absolute Gasteiger partial charge is 0.463 e. The number of nitrogens with one attached hydrogen (secondary N) is 1. The third-order valence-corrected chi connectivity index (χ3v) is 3.33. The van der Waals surface area contributed by atoms with Crippen molar-refractivity contribution in [2.75, 3.05) is 12.0 Å². The molecule has 0 aliphatic carbocycles. The monoisotopic (exact) mass is 301 g/mol. The smallest absolute Gasteiger partial charge is 0.291 e. The van der Waals surface area contributed by atoms with Crippen molar-refractivity contribution in [2.24, 2.45) is 0 Å². The topological polar surface area (TPSA) is 111 Å². The van der Waals surface area contributed by atoms with Crippen molar-refractivity contribution in [3.8, 4) is 22.8 Å². The Morgan fingerprint density at radius 3 is 2.90 bits per heavy atom. The molecule has 0 amide bonds. The van der Waals surface area contributed by atoms with Crippen molar-refractivity contribution in [3.63, 3.8) is 0 Å². The van der Waals surface area contributed by atoms with Crippen LogP contribution in [0, 0.1) is 0 Å². The summed E-state index contributed by atoms with van der Waals surface area (Å²) in [5, 5.41) is 0.593. The SMILES string of the molecule is CSc1nccc(-c2[nH]c(=O)c(N)nc2-c2ccco2)n1. The molecule has 0 unspecified atom stereocenters. The Labute approximate surface area is 123 Å². The number of furan rings is 1. The number of nitrogens with two attached hydrogens (primary N) is 1. The molecule has 0 radical (unpaired) electrons. The molecule has 0 aliphatic heterocycles. The number of aromatic nitrogens is 4. The Morgan fingerprint density at radius 1 is 1.33 bits per heavy atom. The highest BCUT2D eigenvalue weighted by Crippen LogP contribution is 2.28. The Bertz CT molecular complexity index is 829. The predicted octanol–water partition coefficient (Wildman–Crippen LogP) is 1.79. The molecule has 0 spiro atoms. The van der Waals surface area contributed by atoms with E-state index in [9.17, 15) is 4.79 Å². The van der Waals surface area contributed by atoms with E-state index in [1.807, 2.05) is 6.26 Å². The zero-order chi connectivity index (χ0) is 14.8. The maximum atomic E-state index is 11.8. The van der Waals surface area contributed by atoms with Gasteiger partial charge in [0.1, 0.15) is 5.69 Å². The summed E-state index contributed by atoms with van der Waals surface area (Å²) in [7, 11) is 0. The molecule has 3 N–H and O–H groups in total. The molecule has 0 bridgehead atoms. The molecule has 7 nitrogen and oxygen atoms in total. The maximum Gasteiger partial charge on any atom is 0.291 e. The van der Waals surface area contributed by atoms with Crippen molar-refractivity contribution < 1.29 is 4.42 Å². The number of H-pyrrole nitrogens is 1. The van der Waals surface area contributed by atoms with Crippen molar-refractivity contribution in [2.45, 2.75) is 5.16 Å². The number of hydrogen-bond donors (Lipinski definition) is 2. The number of thioether (sulfide) groups is 1. The van der Waals surface area contributed by atoms with Crippen molar-refractivity contribution >= 4 is 17.6 Å². The first-order chi connectivity index (χ1) is 10.2. The molecule has 3 heterocycles. The summed E-state index contributed by atoms with van der Waals surface area (Å²) in [6.07, 6.45) is 5.01. The van der Waals surface area contributed by atoms with E-state index in [4.69, 9.17) is 10.2 Å². The van der Waals surface area contributed by atoms with Gasteiger partial charge in [-0.2, -0.15) is 0 Å². The minimum absolute atomic E-state index is 0.121. The van der Waals surface area contributed by atoms with Crippen molar-refractivity contribution in [3.05, 3.63) is 41.0 Å². The predicted molar refractivity (Wildman–Crippen MR) is 79.8 cm³/mol. The first kappa shape index (κ1) is 13.4. The molecule has 0 aliphatic rings. The van der Waals surface area contributed by atoms with Crippen LogP contribution in [0.25, 0.3) is 22.8 Å². The number of anilines is 1. The number of aromatic amines is 1. The summed E-state index contributed by atoms with van der Waals surface area (Å²) >= 11 is 1.41. The number of nitrogen functional groups attached to an aromatic ring is 1. The van der Waals surface area contributed by atoms with Gasteiger partial charge in [-0.15, -0.1) is 0 Å².